The standard InChI is InChI=1S/C51H88Si7/c1-32-33(2)38(7)48(37(32)6)58(45-29-42(52(11,12)13)34(3)39(8)49(45)55(20,21)22,46-30-43(53(14,15)16)35(4)40(9)50(46)56(23,24)25)47-31-44(54(17,18)19)36(5)41(10)51(47)57(26,27)28/h29-31,48H,1-28H3. The summed E-state index contributed by atoms with van der Waals surface area (Å²) in [6.45, 7) is 73.0. The molecule has 0 aliphatic heterocycles. The van der Waals surface area contributed by atoms with Crippen LogP contribution < -0.4 is 46.7 Å². The predicted molar refractivity (Wildman–Crippen MR) is 291 cm³/mol. The number of hydrogen-bond donors (Lipinski definition) is 0. The van der Waals surface area contributed by atoms with E-state index in [1.807, 2.05) is 15.6 Å². The third kappa shape index (κ3) is 8.19. The lowest BCUT2D eigenvalue weighted by Gasteiger charge is -2.50. The summed E-state index contributed by atoms with van der Waals surface area (Å²) in [5.41, 5.74) is 16.4. The molecule has 0 bridgehead atoms. The molecule has 0 saturated heterocycles. The van der Waals surface area contributed by atoms with Gasteiger partial charge in [0.2, 0.25) is 0 Å². The Morgan fingerprint density at radius 3 is 0.655 bits per heavy atom. The zero-order valence-corrected chi connectivity index (χ0v) is 50.3. The number of rotatable bonds is 10. The third-order valence-corrected chi connectivity index (χ3v) is 33.7. The molecule has 3 aromatic carbocycles. The van der Waals surface area contributed by atoms with Crippen LogP contribution in [0.25, 0.3) is 0 Å². The fourth-order valence-corrected chi connectivity index (χ4v) is 36.0. The fraction of sp³-hybridized carbons (Fsp3) is 0.569. The molecule has 0 atom stereocenters. The van der Waals surface area contributed by atoms with Crippen LogP contribution in [0, 0.1) is 41.5 Å². The maximum Gasteiger partial charge on any atom is 0.158 e. The predicted octanol–water partition coefficient (Wildman–Crippen LogP) is 10.3. The Morgan fingerprint density at radius 1 is 0.276 bits per heavy atom. The van der Waals surface area contributed by atoms with Gasteiger partial charge in [-0.15, -0.1) is 0 Å². The van der Waals surface area contributed by atoms with Gasteiger partial charge in [0, 0.05) is 5.54 Å². The monoisotopic (exact) mass is 897 g/mol. The van der Waals surface area contributed by atoms with Crippen molar-refractivity contribution < 1.29 is 0 Å². The van der Waals surface area contributed by atoms with Crippen LogP contribution in [0.1, 0.15) is 61.1 Å². The van der Waals surface area contributed by atoms with E-state index < -0.39 is 56.5 Å². The lowest BCUT2D eigenvalue weighted by molar-refractivity contribution is 1.09. The van der Waals surface area contributed by atoms with Crippen LogP contribution in [0.3, 0.4) is 0 Å². The number of allylic oxidation sites excluding steroid dienone is 4. The molecule has 0 aromatic heterocycles. The second kappa shape index (κ2) is 15.5. The van der Waals surface area contributed by atoms with Gasteiger partial charge in [-0.2, -0.15) is 0 Å². The molecular weight excluding hydrogens is 809 g/mol. The quantitative estimate of drug-likeness (QED) is 0.141. The molecule has 4 rings (SSSR count). The van der Waals surface area contributed by atoms with Gasteiger partial charge >= 0.3 is 0 Å². The molecule has 0 spiro atoms. The van der Waals surface area contributed by atoms with Crippen LogP contribution >= 0.6 is 0 Å². The molecule has 0 saturated carbocycles. The Morgan fingerprint density at radius 2 is 0.483 bits per heavy atom. The number of hydrogen-bond acceptors (Lipinski definition) is 0. The third-order valence-electron chi connectivity index (χ3n) is 14.7. The smallest absolute Gasteiger partial charge is 0.0656 e. The Balaban J connectivity index is 2.83. The van der Waals surface area contributed by atoms with Gasteiger partial charge in [-0.1, -0.05) is 178 Å². The van der Waals surface area contributed by atoms with Crippen molar-refractivity contribution in [3.05, 3.63) is 73.9 Å². The van der Waals surface area contributed by atoms with Gasteiger partial charge in [0.05, 0.1) is 48.4 Å². The molecule has 320 valence electrons. The minimum absolute atomic E-state index is 0.359. The SMILES string of the molecule is CC1=C(C)C([Si](c2cc([Si](C)(C)C)c(C)c(C)c2[Si](C)(C)C)(c2cc([Si](C)(C)C)c(C)c(C)c2[Si](C)(C)C)c2cc([Si](C)(C)C)c(C)c(C)c2[Si](C)(C)C)C(C)=C1C. The molecule has 1 aliphatic carbocycles. The van der Waals surface area contributed by atoms with E-state index in [9.17, 15) is 0 Å². The van der Waals surface area contributed by atoms with E-state index in [0.29, 0.717) is 5.54 Å². The van der Waals surface area contributed by atoms with Crippen LogP contribution in [-0.4, -0.2) is 56.5 Å². The van der Waals surface area contributed by atoms with E-state index >= 15 is 0 Å². The van der Waals surface area contributed by atoms with Crippen LogP contribution in [0.2, 0.25) is 123 Å². The maximum atomic E-state index is 2.96. The van der Waals surface area contributed by atoms with E-state index in [1.54, 1.807) is 86.8 Å². The second-order valence-electron chi connectivity index (χ2n) is 25.1. The molecule has 0 amide bonds. The van der Waals surface area contributed by atoms with Crippen molar-refractivity contribution in [2.24, 2.45) is 0 Å². The molecule has 3 aromatic rings. The first kappa shape index (κ1) is 49.3. The zero-order chi connectivity index (χ0) is 45.2. The summed E-state index contributed by atoms with van der Waals surface area (Å²) in [6.07, 6.45) is 0. The van der Waals surface area contributed by atoms with E-state index in [0.717, 1.165) is 0 Å². The molecule has 0 N–H and O–H groups in total. The average molecular weight is 898 g/mol. The Bertz CT molecular complexity index is 1990. The molecular formula is C51H88Si7. The summed E-state index contributed by atoms with van der Waals surface area (Å²) in [5.74, 6) is 0. The van der Waals surface area contributed by atoms with E-state index in [-0.39, 0.29) is 0 Å². The summed E-state index contributed by atoms with van der Waals surface area (Å²) < 4.78 is 0. The van der Waals surface area contributed by atoms with Crippen LogP contribution in [0.5, 0.6) is 0 Å². The van der Waals surface area contributed by atoms with Crippen molar-refractivity contribution in [3.8, 4) is 0 Å². The second-order valence-corrected chi connectivity index (χ2v) is 59.1. The van der Waals surface area contributed by atoms with Crippen LogP contribution in [0.4, 0.5) is 0 Å². The Kier molecular flexibility index (Phi) is 13.2. The van der Waals surface area contributed by atoms with Crippen molar-refractivity contribution in [3.63, 3.8) is 0 Å². The van der Waals surface area contributed by atoms with Gasteiger partial charge in [-0.3, -0.25) is 0 Å². The number of benzene rings is 3. The molecule has 0 unspecified atom stereocenters. The topological polar surface area (TPSA) is 0 Å². The van der Waals surface area contributed by atoms with Gasteiger partial charge in [-0.25, -0.2) is 0 Å². The summed E-state index contributed by atoms with van der Waals surface area (Å²) in [7, 11) is -14.3. The minimum atomic E-state index is -3.10. The van der Waals surface area contributed by atoms with Crippen molar-refractivity contribution in [1.29, 1.82) is 0 Å². The van der Waals surface area contributed by atoms with Crippen molar-refractivity contribution in [1.82, 2.24) is 0 Å². The van der Waals surface area contributed by atoms with E-state index in [2.05, 4.69) is 205 Å². The Hall–Kier alpha value is -1.34. The average Bonchev–Trinajstić information content (AvgIpc) is 3.20. The van der Waals surface area contributed by atoms with Gasteiger partial charge < -0.3 is 0 Å². The first-order chi connectivity index (χ1) is 25.8. The molecule has 0 heterocycles. The molecule has 0 nitrogen and oxygen atoms in total. The summed E-state index contributed by atoms with van der Waals surface area (Å²) in [4.78, 5) is 0. The molecule has 7 heteroatoms. The summed E-state index contributed by atoms with van der Waals surface area (Å²) >= 11 is 0. The van der Waals surface area contributed by atoms with E-state index in [1.165, 1.54) is 0 Å². The van der Waals surface area contributed by atoms with Gasteiger partial charge in [0.25, 0.3) is 0 Å². The molecule has 58 heavy (non-hydrogen) atoms. The summed E-state index contributed by atoms with van der Waals surface area (Å²) in [5, 5.41) is 15.9. The van der Waals surface area contributed by atoms with Gasteiger partial charge in [-0.05, 0) is 129 Å². The zero-order valence-electron chi connectivity index (χ0n) is 43.3. The molecule has 1 aliphatic rings. The van der Waals surface area contributed by atoms with Crippen LogP contribution in [-0.2, 0) is 0 Å². The highest BCUT2D eigenvalue weighted by atomic mass is 28.3. The highest BCUT2D eigenvalue weighted by Gasteiger charge is 2.57. The molecule has 0 radical (unpaired) electrons. The largest absolute Gasteiger partial charge is 0.158 e. The first-order valence-electron chi connectivity index (χ1n) is 22.6. The lowest BCUT2D eigenvalue weighted by Crippen LogP contribution is -2.83. The van der Waals surface area contributed by atoms with Gasteiger partial charge in [0.15, 0.2) is 8.07 Å². The lowest BCUT2D eigenvalue weighted by atomic mass is 10.1. The normalized spacial score (nSPS) is 15.7. The summed E-state index contributed by atoms with van der Waals surface area (Å²) in [6, 6.07) is 8.89. The van der Waals surface area contributed by atoms with Gasteiger partial charge in [0.1, 0.15) is 0 Å². The highest BCUT2D eigenvalue weighted by molar-refractivity contribution is 7.20. The van der Waals surface area contributed by atoms with Crippen molar-refractivity contribution in [2.45, 2.75) is 193 Å². The fourth-order valence-electron chi connectivity index (χ4n) is 11.8. The highest BCUT2D eigenvalue weighted by Crippen LogP contribution is 2.47. The van der Waals surface area contributed by atoms with Crippen molar-refractivity contribution >= 4 is 103 Å². The van der Waals surface area contributed by atoms with Crippen LogP contribution in [0.15, 0.2) is 40.5 Å². The van der Waals surface area contributed by atoms with Crippen molar-refractivity contribution in [2.75, 3.05) is 0 Å². The Labute approximate surface area is 367 Å². The van der Waals surface area contributed by atoms with E-state index in [4.69, 9.17) is 0 Å². The maximum absolute atomic E-state index is 3.10. The first-order valence-corrected chi connectivity index (χ1v) is 45.7. The minimum Gasteiger partial charge on any atom is -0.0656 e. The molecule has 0 fully saturated rings.